The van der Waals surface area contributed by atoms with E-state index in [1.54, 1.807) is 23.2 Å². The molecule has 1 unspecified atom stereocenters. The Hall–Kier alpha value is -2.93. The Labute approximate surface area is 155 Å². The smallest absolute Gasteiger partial charge is 0.348 e. The lowest BCUT2D eigenvalue weighted by molar-refractivity contribution is -0.129. The van der Waals surface area contributed by atoms with Crippen molar-refractivity contribution < 1.29 is 19.1 Å². The highest BCUT2D eigenvalue weighted by Gasteiger charge is 2.28. The molecule has 2 heterocycles. The molecule has 0 radical (unpaired) electrons. The number of methoxy groups -OCH3 is 1. The molecule has 0 bridgehead atoms. The Morgan fingerprint density at radius 1 is 1.19 bits per heavy atom. The van der Waals surface area contributed by atoms with E-state index in [0.29, 0.717) is 9.88 Å². The summed E-state index contributed by atoms with van der Waals surface area (Å²) in [7, 11) is 1.31. The van der Waals surface area contributed by atoms with Gasteiger partial charge in [-0.05, 0) is 29.3 Å². The first kappa shape index (κ1) is 17.9. The first-order chi connectivity index (χ1) is 12.5. The molecule has 134 valence electrons. The van der Waals surface area contributed by atoms with Gasteiger partial charge in [0.15, 0.2) is 0 Å². The number of carbonyl (C=O) groups is 3. The molecule has 1 aromatic heterocycles. The maximum Gasteiger partial charge on any atom is 0.348 e. The highest BCUT2D eigenvalue weighted by molar-refractivity contribution is 7.18. The summed E-state index contributed by atoms with van der Waals surface area (Å²) in [5.74, 6) is -0.799. The Morgan fingerprint density at radius 3 is 2.69 bits per heavy atom. The van der Waals surface area contributed by atoms with Crippen molar-refractivity contribution in [2.45, 2.75) is 19.4 Å². The van der Waals surface area contributed by atoms with Gasteiger partial charge in [-0.2, -0.15) is 0 Å². The molecule has 3 rings (SSSR count). The Bertz CT molecular complexity index is 887. The van der Waals surface area contributed by atoms with Crippen molar-refractivity contribution in [3.8, 4) is 0 Å². The van der Waals surface area contributed by atoms with Crippen LogP contribution in [0.2, 0.25) is 0 Å². The minimum absolute atomic E-state index is 0.117. The van der Waals surface area contributed by atoms with E-state index in [2.05, 4.69) is 10.1 Å². The van der Waals surface area contributed by atoms with Gasteiger partial charge in [0.1, 0.15) is 4.88 Å². The molecule has 0 spiro atoms. The molecule has 2 amide bonds. The van der Waals surface area contributed by atoms with Crippen LogP contribution in [-0.2, 0) is 14.3 Å². The number of nitrogens with one attached hydrogen (secondary N) is 1. The zero-order valence-corrected chi connectivity index (χ0v) is 15.2. The third kappa shape index (κ3) is 3.67. The summed E-state index contributed by atoms with van der Waals surface area (Å²) >= 11 is 1.15. The standard InChI is InChI=1S/C19H18N2O4S/c1-12(22)21-10-9-13-5-3-4-6-14(13)15(21)11-17(23)20-18-8-7-16(26-18)19(24)25-2/h3-10,15H,11H2,1-2H3,(H,20,23). The predicted molar refractivity (Wildman–Crippen MR) is 99.6 cm³/mol. The summed E-state index contributed by atoms with van der Waals surface area (Å²) < 4.78 is 4.66. The van der Waals surface area contributed by atoms with E-state index < -0.39 is 5.97 Å². The van der Waals surface area contributed by atoms with Crippen molar-refractivity contribution in [1.29, 1.82) is 0 Å². The van der Waals surface area contributed by atoms with Crippen LogP contribution in [-0.4, -0.2) is 29.8 Å². The van der Waals surface area contributed by atoms with Gasteiger partial charge in [-0.3, -0.25) is 9.59 Å². The summed E-state index contributed by atoms with van der Waals surface area (Å²) in [4.78, 5) is 38.0. The molecule has 6 nitrogen and oxygen atoms in total. The Kier molecular flexibility index (Phi) is 5.18. The third-order valence-corrected chi connectivity index (χ3v) is 5.08. The van der Waals surface area contributed by atoms with Gasteiger partial charge >= 0.3 is 5.97 Å². The topological polar surface area (TPSA) is 75.7 Å². The predicted octanol–water partition coefficient (Wildman–Crippen LogP) is 3.44. The number of ether oxygens (including phenoxy) is 1. The molecule has 26 heavy (non-hydrogen) atoms. The highest BCUT2D eigenvalue weighted by Crippen LogP contribution is 2.33. The number of hydrogen-bond acceptors (Lipinski definition) is 5. The van der Waals surface area contributed by atoms with Crippen molar-refractivity contribution >= 4 is 40.2 Å². The second-order valence-corrected chi connectivity index (χ2v) is 6.88. The Balaban J connectivity index is 1.76. The number of amides is 2. The molecule has 7 heteroatoms. The monoisotopic (exact) mass is 370 g/mol. The maximum absolute atomic E-state index is 12.5. The van der Waals surface area contributed by atoms with E-state index in [0.717, 1.165) is 22.5 Å². The van der Waals surface area contributed by atoms with Crippen LogP contribution < -0.4 is 5.32 Å². The quantitative estimate of drug-likeness (QED) is 0.837. The first-order valence-corrected chi connectivity index (χ1v) is 8.85. The maximum atomic E-state index is 12.5. The average molecular weight is 370 g/mol. The first-order valence-electron chi connectivity index (χ1n) is 8.03. The summed E-state index contributed by atoms with van der Waals surface area (Å²) in [6, 6.07) is 10.6. The van der Waals surface area contributed by atoms with E-state index in [1.165, 1.54) is 14.0 Å². The van der Waals surface area contributed by atoms with Crippen LogP contribution >= 0.6 is 11.3 Å². The van der Waals surface area contributed by atoms with Gasteiger partial charge in [0, 0.05) is 13.1 Å². The fourth-order valence-corrected chi connectivity index (χ4v) is 3.73. The fraction of sp³-hybridized carbons (Fsp3) is 0.211. The van der Waals surface area contributed by atoms with Crippen LogP contribution in [0.5, 0.6) is 0 Å². The van der Waals surface area contributed by atoms with Gasteiger partial charge in [-0.25, -0.2) is 4.79 Å². The molecule has 0 aliphatic carbocycles. The molecule has 1 aliphatic rings. The molecule has 1 N–H and O–H groups in total. The number of carbonyl (C=O) groups excluding carboxylic acids is 3. The molecular formula is C19H18N2O4S. The lowest BCUT2D eigenvalue weighted by Gasteiger charge is -2.32. The largest absolute Gasteiger partial charge is 0.465 e. The Morgan fingerprint density at radius 2 is 1.96 bits per heavy atom. The lowest BCUT2D eigenvalue weighted by atomic mass is 9.93. The average Bonchev–Trinajstić information content (AvgIpc) is 3.09. The zero-order chi connectivity index (χ0) is 18.7. The molecule has 0 saturated carbocycles. The van der Waals surface area contributed by atoms with Crippen LogP contribution in [0.15, 0.2) is 42.6 Å². The number of hydrogen-bond donors (Lipinski definition) is 1. The summed E-state index contributed by atoms with van der Waals surface area (Å²) in [5, 5.41) is 3.35. The van der Waals surface area contributed by atoms with Gasteiger partial charge in [0.05, 0.1) is 24.6 Å². The molecule has 0 saturated heterocycles. The number of esters is 1. The van der Waals surface area contributed by atoms with Gasteiger partial charge < -0.3 is 15.0 Å². The number of benzene rings is 1. The van der Waals surface area contributed by atoms with Crippen molar-refractivity contribution in [1.82, 2.24) is 4.90 Å². The van der Waals surface area contributed by atoms with E-state index in [4.69, 9.17) is 0 Å². The summed E-state index contributed by atoms with van der Waals surface area (Å²) in [6.45, 7) is 1.48. The fourth-order valence-electron chi connectivity index (χ4n) is 2.89. The van der Waals surface area contributed by atoms with Crippen molar-refractivity contribution in [3.05, 3.63) is 58.6 Å². The summed E-state index contributed by atoms with van der Waals surface area (Å²) in [5.41, 5.74) is 1.92. The van der Waals surface area contributed by atoms with Crippen LogP contribution in [0.1, 0.15) is 40.2 Å². The number of thiophene rings is 1. The molecule has 1 aromatic carbocycles. The second-order valence-electron chi connectivity index (χ2n) is 5.79. The number of nitrogens with zero attached hydrogens (tertiary/aromatic N) is 1. The number of anilines is 1. The van der Waals surface area contributed by atoms with Gasteiger partial charge in [0.2, 0.25) is 11.8 Å². The van der Waals surface area contributed by atoms with Crippen LogP contribution in [0.4, 0.5) is 5.00 Å². The van der Waals surface area contributed by atoms with Crippen LogP contribution in [0.3, 0.4) is 0 Å². The molecule has 0 fully saturated rings. The zero-order valence-electron chi connectivity index (χ0n) is 14.4. The SMILES string of the molecule is COC(=O)c1ccc(NC(=O)CC2c3ccccc3C=CN2C(C)=O)s1. The molecular weight excluding hydrogens is 352 g/mol. The van der Waals surface area contributed by atoms with Gasteiger partial charge in [-0.15, -0.1) is 11.3 Å². The minimum atomic E-state index is -0.440. The molecule has 1 aliphatic heterocycles. The van der Waals surface area contributed by atoms with Crippen molar-refractivity contribution in [2.75, 3.05) is 12.4 Å². The number of rotatable bonds is 4. The van der Waals surface area contributed by atoms with Gasteiger partial charge in [-0.1, -0.05) is 24.3 Å². The van der Waals surface area contributed by atoms with E-state index >= 15 is 0 Å². The normalized spacial score (nSPS) is 15.3. The molecule has 1 atom stereocenters. The lowest BCUT2D eigenvalue weighted by Crippen LogP contribution is -2.33. The van der Waals surface area contributed by atoms with Crippen LogP contribution in [0.25, 0.3) is 6.08 Å². The summed E-state index contributed by atoms with van der Waals surface area (Å²) in [6.07, 6.45) is 3.70. The number of fused-ring (bicyclic) bond motifs is 1. The van der Waals surface area contributed by atoms with Crippen LogP contribution in [0, 0.1) is 0 Å². The highest BCUT2D eigenvalue weighted by atomic mass is 32.1. The van der Waals surface area contributed by atoms with Crippen molar-refractivity contribution in [2.24, 2.45) is 0 Å². The third-order valence-electron chi connectivity index (χ3n) is 4.10. The second kappa shape index (κ2) is 7.53. The molecule has 2 aromatic rings. The minimum Gasteiger partial charge on any atom is -0.465 e. The van der Waals surface area contributed by atoms with E-state index in [-0.39, 0.29) is 24.3 Å². The van der Waals surface area contributed by atoms with Crippen molar-refractivity contribution in [3.63, 3.8) is 0 Å². The van der Waals surface area contributed by atoms with E-state index in [9.17, 15) is 14.4 Å². The van der Waals surface area contributed by atoms with E-state index in [1.807, 2.05) is 30.3 Å². The van der Waals surface area contributed by atoms with Gasteiger partial charge in [0.25, 0.3) is 0 Å².